The van der Waals surface area contributed by atoms with Gasteiger partial charge in [0.05, 0.1) is 5.71 Å². The number of thioether (sulfide) groups is 1. The van der Waals surface area contributed by atoms with Crippen molar-refractivity contribution in [3.8, 4) is 0 Å². The summed E-state index contributed by atoms with van der Waals surface area (Å²) in [6, 6.07) is 0. The van der Waals surface area contributed by atoms with Crippen LogP contribution in [0.15, 0.2) is 5.16 Å². The molecule has 2 aliphatic heterocycles. The summed E-state index contributed by atoms with van der Waals surface area (Å²) in [5.41, 5.74) is 1.18. The van der Waals surface area contributed by atoms with Crippen molar-refractivity contribution in [2.45, 2.75) is 38.4 Å². The second-order valence-corrected chi connectivity index (χ2v) is 6.50. The molecule has 3 aliphatic rings. The van der Waals surface area contributed by atoms with E-state index in [1.54, 1.807) is 0 Å². The van der Waals surface area contributed by atoms with E-state index < -0.39 is 0 Å². The Balaban J connectivity index is 2.36. The van der Waals surface area contributed by atoms with Crippen molar-refractivity contribution < 1.29 is 5.21 Å². The predicted octanol–water partition coefficient (Wildman–Crippen LogP) is 2.76. The Morgan fingerprint density at radius 2 is 2.23 bits per heavy atom. The monoisotopic (exact) mass is 199 g/mol. The van der Waals surface area contributed by atoms with Crippen LogP contribution in [0.25, 0.3) is 0 Å². The maximum Gasteiger partial charge on any atom is 0.0651 e. The minimum atomic E-state index is 0.163. The van der Waals surface area contributed by atoms with Crippen LogP contribution in [0.1, 0.15) is 33.6 Å². The van der Waals surface area contributed by atoms with E-state index in [0.717, 1.165) is 23.8 Å². The Labute approximate surface area is 83.8 Å². The van der Waals surface area contributed by atoms with E-state index in [4.69, 9.17) is 5.21 Å². The summed E-state index contributed by atoms with van der Waals surface area (Å²) in [5, 5.41) is 12.4. The maximum atomic E-state index is 8.96. The molecule has 0 aromatic carbocycles. The Morgan fingerprint density at radius 3 is 2.77 bits per heavy atom. The Hall–Kier alpha value is -0.180. The van der Waals surface area contributed by atoms with Gasteiger partial charge in [-0.3, -0.25) is 0 Å². The van der Waals surface area contributed by atoms with Crippen LogP contribution in [-0.4, -0.2) is 21.4 Å². The normalized spacial score (nSPS) is 52.8. The minimum Gasteiger partial charge on any atom is -0.411 e. The Morgan fingerprint density at radius 1 is 1.54 bits per heavy atom. The molecule has 0 aromatic heterocycles. The molecule has 1 aliphatic carbocycles. The van der Waals surface area contributed by atoms with E-state index >= 15 is 0 Å². The first-order valence-electron chi connectivity index (χ1n) is 4.85. The van der Waals surface area contributed by atoms with Crippen LogP contribution in [0.3, 0.4) is 0 Å². The van der Waals surface area contributed by atoms with Gasteiger partial charge in [0.2, 0.25) is 0 Å². The smallest absolute Gasteiger partial charge is 0.0651 e. The fourth-order valence-electron chi connectivity index (χ4n) is 2.55. The van der Waals surface area contributed by atoms with Gasteiger partial charge in [0.1, 0.15) is 0 Å². The summed E-state index contributed by atoms with van der Waals surface area (Å²) >= 11 is 2.05. The van der Waals surface area contributed by atoms with Crippen molar-refractivity contribution in [2.75, 3.05) is 5.75 Å². The van der Waals surface area contributed by atoms with Crippen LogP contribution in [-0.2, 0) is 0 Å². The Bertz CT molecular complexity index is 266. The molecule has 0 aromatic rings. The third-order valence-electron chi connectivity index (χ3n) is 3.86. The molecular formula is C10H17NOS. The summed E-state index contributed by atoms with van der Waals surface area (Å²) in [6.45, 7) is 6.84. The second kappa shape index (κ2) is 2.66. The fraction of sp³-hybridized carbons (Fsp3) is 0.900. The van der Waals surface area contributed by atoms with E-state index in [1.165, 1.54) is 6.42 Å². The lowest BCUT2D eigenvalue weighted by Crippen LogP contribution is -2.53. The van der Waals surface area contributed by atoms with Crippen molar-refractivity contribution in [3.63, 3.8) is 0 Å². The molecule has 3 fully saturated rings. The molecule has 3 rings (SSSR count). The zero-order chi connectivity index (χ0) is 9.69. The lowest BCUT2D eigenvalue weighted by atomic mass is 9.65. The summed E-state index contributed by atoms with van der Waals surface area (Å²) in [4.78, 5) is 0. The van der Waals surface area contributed by atoms with Crippen LogP contribution >= 0.6 is 11.8 Å². The highest BCUT2D eigenvalue weighted by Gasteiger charge is 2.52. The molecule has 1 saturated carbocycles. The number of hydrogen-bond acceptors (Lipinski definition) is 3. The molecule has 3 atom stereocenters. The lowest BCUT2D eigenvalue weighted by molar-refractivity contribution is 0.240. The summed E-state index contributed by atoms with van der Waals surface area (Å²) in [6.07, 6.45) is 2.14. The van der Waals surface area contributed by atoms with Crippen molar-refractivity contribution in [2.24, 2.45) is 16.5 Å². The molecule has 0 spiro atoms. The van der Waals surface area contributed by atoms with Crippen LogP contribution in [0, 0.1) is 11.3 Å². The van der Waals surface area contributed by atoms with E-state index in [1.807, 2.05) is 11.8 Å². The highest BCUT2D eigenvalue weighted by molar-refractivity contribution is 8.00. The molecule has 2 saturated heterocycles. The Kier molecular flexibility index (Phi) is 1.92. The summed E-state index contributed by atoms with van der Waals surface area (Å²) in [5.74, 6) is 1.86. The molecule has 2 nitrogen and oxygen atoms in total. The zero-order valence-corrected chi connectivity index (χ0v) is 9.32. The van der Waals surface area contributed by atoms with E-state index in [-0.39, 0.29) is 5.41 Å². The molecule has 2 bridgehead atoms. The first-order chi connectivity index (χ1) is 6.00. The van der Waals surface area contributed by atoms with Gasteiger partial charge < -0.3 is 5.21 Å². The topological polar surface area (TPSA) is 32.6 Å². The average Bonchev–Trinajstić information content (AvgIpc) is 2.08. The fourth-order valence-corrected chi connectivity index (χ4v) is 4.08. The number of rotatable bonds is 0. The largest absolute Gasteiger partial charge is 0.411 e. The van der Waals surface area contributed by atoms with Gasteiger partial charge >= 0.3 is 0 Å². The first kappa shape index (κ1) is 9.38. The van der Waals surface area contributed by atoms with Gasteiger partial charge in [-0.15, -0.1) is 0 Å². The van der Waals surface area contributed by atoms with Crippen LogP contribution in [0.5, 0.6) is 0 Å². The van der Waals surface area contributed by atoms with Gasteiger partial charge in [0.15, 0.2) is 0 Å². The van der Waals surface area contributed by atoms with Gasteiger partial charge in [0.25, 0.3) is 0 Å². The van der Waals surface area contributed by atoms with Crippen LogP contribution in [0.2, 0.25) is 0 Å². The SMILES string of the molecule is CC1CC2(C)CSC1(C)CC2=NO. The molecule has 0 radical (unpaired) electrons. The number of nitrogens with zero attached hydrogens (tertiary/aromatic N) is 1. The van der Waals surface area contributed by atoms with Crippen molar-refractivity contribution in [1.82, 2.24) is 0 Å². The number of fused-ring (bicyclic) bond motifs is 3. The van der Waals surface area contributed by atoms with Crippen molar-refractivity contribution >= 4 is 17.5 Å². The van der Waals surface area contributed by atoms with Gasteiger partial charge in [-0.1, -0.05) is 19.0 Å². The molecule has 74 valence electrons. The zero-order valence-electron chi connectivity index (χ0n) is 8.50. The van der Waals surface area contributed by atoms with Gasteiger partial charge in [-0.2, -0.15) is 11.8 Å². The minimum absolute atomic E-state index is 0.163. The standard InChI is InChI=1S/C10H17NOS/c1-7-4-9(2)6-13-10(7,3)5-8(9)11-12/h7,12H,4-6H2,1-3H3. The molecule has 0 amide bonds. The van der Waals surface area contributed by atoms with Gasteiger partial charge in [0, 0.05) is 22.3 Å². The molecule has 2 heterocycles. The second-order valence-electron chi connectivity index (χ2n) is 4.99. The van der Waals surface area contributed by atoms with E-state index in [2.05, 4.69) is 25.9 Å². The molecular weight excluding hydrogens is 182 g/mol. The van der Waals surface area contributed by atoms with Crippen LogP contribution in [0.4, 0.5) is 0 Å². The van der Waals surface area contributed by atoms with Gasteiger partial charge in [-0.05, 0) is 19.3 Å². The third kappa shape index (κ3) is 1.20. The molecule has 1 N–H and O–H groups in total. The molecule has 3 unspecified atom stereocenters. The van der Waals surface area contributed by atoms with Gasteiger partial charge in [-0.25, -0.2) is 0 Å². The number of oxime groups is 1. The highest BCUT2D eigenvalue weighted by atomic mass is 32.2. The molecule has 3 heteroatoms. The van der Waals surface area contributed by atoms with E-state index in [0.29, 0.717) is 4.75 Å². The summed E-state index contributed by atoms with van der Waals surface area (Å²) < 4.78 is 0.319. The maximum absolute atomic E-state index is 8.96. The predicted molar refractivity (Wildman–Crippen MR) is 56.6 cm³/mol. The lowest BCUT2D eigenvalue weighted by Gasteiger charge is -2.54. The quantitative estimate of drug-likeness (QED) is 0.480. The summed E-state index contributed by atoms with van der Waals surface area (Å²) in [7, 11) is 0. The highest BCUT2D eigenvalue weighted by Crippen LogP contribution is 2.56. The van der Waals surface area contributed by atoms with Crippen molar-refractivity contribution in [1.29, 1.82) is 0 Å². The molecule has 13 heavy (non-hydrogen) atoms. The first-order valence-corrected chi connectivity index (χ1v) is 5.84. The third-order valence-corrected chi connectivity index (χ3v) is 5.84. The number of hydrogen-bond donors (Lipinski definition) is 1. The average molecular weight is 199 g/mol. The van der Waals surface area contributed by atoms with E-state index in [9.17, 15) is 0 Å². The van der Waals surface area contributed by atoms with Crippen molar-refractivity contribution in [3.05, 3.63) is 0 Å². The van der Waals surface area contributed by atoms with Crippen LogP contribution < -0.4 is 0 Å².